The van der Waals surface area contributed by atoms with Gasteiger partial charge in [0.2, 0.25) is 0 Å². The lowest BCUT2D eigenvalue weighted by Crippen LogP contribution is -2.28. The van der Waals surface area contributed by atoms with E-state index in [-0.39, 0.29) is 13.2 Å². The molecule has 0 bridgehead atoms. The van der Waals surface area contributed by atoms with Gasteiger partial charge in [-0.1, -0.05) is 29.8 Å². The van der Waals surface area contributed by atoms with Crippen LogP contribution in [0.1, 0.15) is 21.6 Å². The molecule has 138 valence electrons. The fraction of sp³-hybridized carbons (Fsp3) is 0.150. The largest absolute Gasteiger partial charge is 0.452 e. The zero-order valence-corrected chi connectivity index (χ0v) is 15.4. The second-order valence-corrected chi connectivity index (χ2v) is 6.28. The Morgan fingerprint density at radius 3 is 2.52 bits per heavy atom. The summed E-state index contributed by atoms with van der Waals surface area (Å²) in [5.74, 6) is -0.960. The minimum Gasteiger partial charge on any atom is -0.452 e. The summed E-state index contributed by atoms with van der Waals surface area (Å²) in [6.07, 6.45) is 1.71. The van der Waals surface area contributed by atoms with Gasteiger partial charge in [0, 0.05) is 23.5 Å². The average Bonchev–Trinajstić information content (AvgIpc) is 3.11. The van der Waals surface area contributed by atoms with Crippen molar-refractivity contribution in [3.8, 4) is 5.69 Å². The highest BCUT2D eigenvalue weighted by Gasteiger charge is 2.11. The molecule has 2 aromatic carbocycles. The Balaban J connectivity index is 1.51. The summed E-state index contributed by atoms with van der Waals surface area (Å²) in [6.45, 7) is 1.85. The third-order valence-corrected chi connectivity index (χ3v) is 4.32. The molecular weight excluding hydrogens is 366 g/mol. The van der Waals surface area contributed by atoms with E-state index < -0.39 is 11.9 Å². The summed E-state index contributed by atoms with van der Waals surface area (Å²) in [7, 11) is 0. The number of amides is 1. The lowest BCUT2D eigenvalue weighted by Gasteiger charge is -2.08. The number of esters is 1. The minimum absolute atomic E-state index is 0.272. The van der Waals surface area contributed by atoms with Gasteiger partial charge in [-0.15, -0.1) is 0 Å². The van der Waals surface area contributed by atoms with Gasteiger partial charge in [-0.3, -0.25) is 4.79 Å². The molecule has 27 heavy (non-hydrogen) atoms. The molecule has 0 unspecified atom stereocenters. The van der Waals surface area contributed by atoms with Crippen molar-refractivity contribution in [2.75, 3.05) is 6.61 Å². The summed E-state index contributed by atoms with van der Waals surface area (Å²) in [5, 5.41) is 7.45. The summed E-state index contributed by atoms with van der Waals surface area (Å²) in [5.41, 5.74) is 2.98. The van der Waals surface area contributed by atoms with E-state index in [4.69, 9.17) is 16.3 Å². The molecular formula is C20H18ClN3O3. The summed E-state index contributed by atoms with van der Waals surface area (Å²) in [4.78, 5) is 24.0. The predicted molar refractivity (Wildman–Crippen MR) is 102 cm³/mol. The number of carbonyl (C=O) groups excluding carboxylic acids is 2. The zero-order chi connectivity index (χ0) is 19.2. The SMILES string of the molecule is Cc1ccnn1-c1ccc(C(=O)OCC(=O)NCc2ccccc2Cl)cc1. The lowest BCUT2D eigenvalue weighted by molar-refractivity contribution is -0.124. The molecule has 1 aromatic heterocycles. The van der Waals surface area contributed by atoms with E-state index in [2.05, 4.69) is 10.4 Å². The third kappa shape index (κ3) is 4.74. The van der Waals surface area contributed by atoms with Crippen LogP contribution >= 0.6 is 11.6 Å². The Morgan fingerprint density at radius 2 is 1.85 bits per heavy atom. The van der Waals surface area contributed by atoms with E-state index in [0.29, 0.717) is 10.6 Å². The molecule has 0 atom stereocenters. The van der Waals surface area contributed by atoms with Crippen molar-refractivity contribution in [3.63, 3.8) is 0 Å². The maximum Gasteiger partial charge on any atom is 0.338 e. The number of nitrogens with one attached hydrogen (secondary N) is 1. The standard InChI is InChI=1S/C20H18ClN3O3/c1-14-10-11-23-24(14)17-8-6-15(7-9-17)20(26)27-13-19(25)22-12-16-4-2-3-5-18(16)21/h2-11H,12-13H2,1H3,(H,22,25). The zero-order valence-electron chi connectivity index (χ0n) is 14.7. The Hall–Kier alpha value is -3.12. The van der Waals surface area contributed by atoms with Crippen molar-refractivity contribution in [2.24, 2.45) is 0 Å². The number of aryl methyl sites for hydroxylation is 1. The van der Waals surface area contributed by atoms with Crippen LogP contribution in [0.25, 0.3) is 5.69 Å². The summed E-state index contributed by atoms with van der Waals surface area (Å²) in [6, 6.07) is 15.9. The van der Waals surface area contributed by atoms with Gasteiger partial charge in [0.1, 0.15) is 0 Å². The highest BCUT2D eigenvalue weighted by atomic mass is 35.5. The average molecular weight is 384 g/mol. The van der Waals surface area contributed by atoms with Gasteiger partial charge in [-0.05, 0) is 48.9 Å². The van der Waals surface area contributed by atoms with E-state index in [9.17, 15) is 9.59 Å². The Morgan fingerprint density at radius 1 is 1.11 bits per heavy atom. The number of nitrogens with zero attached hydrogens (tertiary/aromatic N) is 2. The van der Waals surface area contributed by atoms with Crippen molar-refractivity contribution in [1.29, 1.82) is 0 Å². The topological polar surface area (TPSA) is 73.2 Å². The van der Waals surface area contributed by atoms with Crippen LogP contribution in [-0.4, -0.2) is 28.3 Å². The van der Waals surface area contributed by atoms with Crippen molar-refractivity contribution in [2.45, 2.75) is 13.5 Å². The van der Waals surface area contributed by atoms with Gasteiger partial charge >= 0.3 is 5.97 Å². The van der Waals surface area contributed by atoms with E-state index in [1.165, 1.54) is 0 Å². The summed E-state index contributed by atoms with van der Waals surface area (Å²) >= 11 is 6.03. The van der Waals surface area contributed by atoms with Crippen LogP contribution in [0.2, 0.25) is 5.02 Å². The van der Waals surface area contributed by atoms with Gasteiger partial charge < -0.3 is 10.1 Å². The van der Waals surface area contributed by atoms with Crippen LogP contribution < -0.4 is 5.32 Å². The van der Waals surface area contributed by atoms with E-state index in [1.807, 2.05) is 31.2 Å². The van der Waals surface area contributed by atoms with Gasteiger partial charge in [0.25, 0.3) is 5.91 Å². The minimum atomic E-state index is -0.563. The van der Waals surface area contributed by atoms with Gasteiger partial charge in [-0.2, -0.15) is 5.10 Å². The highest BCUT2D eigenvalue weighted by molar-refractivity contribution is 6.31. The predicted octanol–water partition coefficient (Wildman–Crippen LogP) is 3.31. The van der Waals surface area contributed by atoms with Crippen molar-refractivity contribution in [3.05, 3.63) is 82.6 Å². The molecule has 0 aliphatic heterocycles. The first-order valence-corrected chi connectivity index (χ1v) is 8.70. The molecule has 0 aliphatic carbocycles. The Bertz CT molecular complexity index is 951. The number of carbonyl (C=O) groups is 2. The number of aromatic nitrogens is 2. The first-order valence-electron chi connectivity index (χ1n) is 8.33. The second-order valence-electron chi connectivity index (χ2n) is 5.88. The smallest absolute Gasteiger partial charge is 0.338 e. The molecule has 1 amide bonds. The van der Waals surface area contributed by atoms with Crippen molar-refractivity contribution >= 4 is 23.5 Å². The van der Waals surface area contributed by atoms with Crippen LogP contribution in [0.4, 0.5) is 0 Å². The Kier molecular flexibility index (Phi) is 5.88. The molecule has 0 aliphatic rings. The molecule has 3 aromatic rings. The fourth-order valence-corrected chi connectivity index (χ4v) is 2.68. The first-order chi connectivity index (χ1) is 13.0. The van der Waals surface area contributed by atoms with Crippen molar-refractivity contribution in [1.82, 2.24) is 15.1 Å². The molecule has 7 heteroatoms. The number of hydrogen-bond acceptors (Lipinski definition) is 4. The van der Waals surface area contributed by atoms with E-state index in [0.717, 1.165) is 16.9 Å². The Labute approximate surface area is 161 Å². The molecule has 1 N–H and O–H groups in total. The highest BCUT2D eigenvalue weighted by Crippen LogP contribution is 2.14. The lowest BCUT2D eigenvalue weighted by atomic mass is 10.2. The first kappa shape index (κ1) is 18.7. The van der Waals surface area contributed by atoms with E-state index in [1.54, 1.807) is 41.2 Å². The third-order valence-electron chi connectivity index (χ3n) is 3.95. The van der Waals surface area contributed by atoms with E-state index >= 15 is 0 Å². The number of benzene rings is 2. The van der Waals surface area contributed by atoms with Crippen LogP contribution in [-0.2, 0) is 16.1 Å². The van der Waals surface area contributed by atoms with Crippen molar-refractivity contribution < 1.29 is 14.3 Å². The molecule has 0 fully saturated rings. The molecule has 0 saturated heterocycles. The molecule has 0 saturated carbocycles. The monoisotopic (exact) mass is 383 g/mol. The van der Waals surface area contributed by atoms with Crippen LogP contribution in [0.15, 0.2) is 60.8 Å². The van der Waals surface area contributed by atoms with Gasteiger partial charge in [0.05, 0.1) is 11.3 Å². The number of rotatable bonds is 6. The molecule has 3 rings (SSSR count). The number of halogens is 1. The normalized spacial score (nSPS) is 10.4. The number of hydrogen-bond donors (Lipinski definition) is 1. The molecule has 0 spiro atoms. The molecule has 1 heterocycles. The van der Waals surface area contributed by atoms with Crippen LogP contribution in [0.3, 0.4) is 0 Å². The van der Waals surface area contributed by atoms with Gasteiger partial charge in [-0.25, -0.2) is 9.48 Å². The molecule has 6 nitrogen and oxygen atoms in total. The maximum atomic E-state index is 12.1. The maximum absolute atomic E-state index is 12.1. The second kappa shape index (κ2) is 8.51. The fourth-order valence-electron chi connectivity index (χ4n) is 2.48. The molecule has 0 radical (unpaired) electrons. The quantitative estimate of drug-likeness (QED) is 0.663. The van der Waals surface area contributed by atoms with Crippen LogP contribution in [0, 0.1) is 6.92 Å². The number of ether oxygens (including phenoxy) is 1. The van der Waals surface area contributed by atoms with Crippen LogP contribution in [0.5, 0.6) is 0 Å². The summed E-state index contributed by atoms with van der Waals surface area (Å²) < 4.78 is 6.82. The van der Waals surface area contributed by atoms with Gasteiger partial charge in [0.15, 0.2) is 6.61 Å².